The second kappa shape index (κ2) is 17.7. The molecule has 15 heteroatoms. The number of rotatable bonds is 6. The van der Waals surface area contributed by atoms with Crippen molar-refractivity contribution in [2.24, 2.45) is 0 Å². The Labute approximate surface area is 154 Å². The molecule has 0 aromatic rings. The Hall–Kier alpha value is 1.36. The molecule has 0 bridgehead atoms. The Kier molecular flexibility index (Phi) is 25.5. The topological polar surface area (TPSA) is 248 Å². The van der Waals surface area contributed by atoms with Crippen molar-refractivity contribution in [2.75, 3.05) is 39.5 Å². The summed E-state index contributed by atoms with van der Waals surface area (Å²) in [6.07, 6.45) is 0. The molecule has 0 aliphatic heterocycles. The molecule has 21 heavy (non-hydrogen) atoms. The molecule has 0 spiro atoms. The number of nitrogens with zero attached hydrogens (tertiary/aromatic N) is 1. The minimum absolute atomic E-state index is 0. The van der Waals surface area contributed by atoms with E-state index >= 15 is 0 Å². The first-order valence-corrected chi connectivity index (χ1v) is 7.10. The van der Waals surface area contributed by atoms with Crippen LogP contribution in [-0.4, -0.2) is 97.4 Å². The van der Waals surface area contributed by atoms with Gasteiger partial charge in [0.25, 0.3) is 0 Å². The summed E-state index contributed by atoms with van der Waals surface area (Å²) in [6, 6.07) is 0. The minimum Gasteiger partial charge on any atom is -0.395 e. The number of halogens is 2. The van der Waals surface area contributed by atoms with Crippen LogP contribution < -0.4 is 37.3 Å². The first kappa shape index (κ1) is 30.3. The van der Waals surface area contributed by atoms with Crippen LogP contribution in [0.4, 0.5) is 0 Å². The predicted molar refractivity (Wildman–Crippen MR) is 43.5 cm³/mol. The molecular formula is C6H15CaCl2NO11. The molecule has 0 unspecified atom stereocenters. The number of aliphatic hydroxyl groups excluding tert-OH is 3. The first-order chi connectivity index (χ1) is 8.85. The van der Waals surface area contributed by atoms with Gasteiger partial charge in [-0.2, -0.15) is 0 Å². The van der Waals surface area contributed by atoms with E-state index in [1.807, 2.05) is 0 Å². The van der Waals surface area contributed by atoms with Crippen LogP contribution in [0, 0.1) is 20.5 Å². The molecule has 12 nitrogen and oxygen atoms in total. The maximum atomic E-state index is 8.49. The summed E-state index contributed by atoms with van der Waals surface area (Å²) in [5, 5.41) is 25.5. The van der Waals surface area contributed by atoms with Gasteiger partial charge in [0, 0.05) is 19.6 Å². The van der Waals surface area contributed by atoms with Crippen molar-refractivity contribution >= 4 is 37.7 Å². The van der Waals surface area contributed by atoms with Crippen LogP contribution in [0.25, 0.3) is 0 Å². The standard InChI is InChI=1S/C6H15NO3.Ca.2ClHO4/c8-4-1-7(2-5-9)3-6-10;;2*2-1(3,4)5/h8-10H,1-6H2;;2*(H,2,3,4,5)/q;+2;;/p-2. The van der Waals surface area contributed by atoms with Crippen molar-refractivity contribution in [2.45, 2.75) is 0 Å². The molecule has 0 atom stereocenters. The van der Waals surface area contributed by atoms with Gasteiger partial charge in [0.15, 0.2) is 0 Å². The van der Waals surface area contributed by atoms with Crippen LogP contribution in [0.1, 0.15) is 0 Å². The van der Waals surface area contributed by atoms with Gasteiger partial charge >= 0.3 is 37.7 Å². The Balaban J connectivity index is -0.000000112. The van der Waals surface area contributed by atoms with Crippen LogP contribution in [0.15, 0.2) is 0 Å². The average Bonchev–Trinajstić information content (AvgIpc) is 2.13. The van der Waals surface area contributed by atoms with Crippen LogP contribution in [0.2, 0.25) is 0 Å². The molecule has 0 saturated carbocycles. The van der Waals surface area contributed by atoms with Gasteiger partial charge in [0.1, 0.15) is 0 Å². The monoisotopic (exact) mass is 387 g/mol. The van der Waals surface area contributed by atoms with E-state index in [1.54, 1.807) is 4.90 Å². The summed E-state index contributed by atoms with van der Waals surface area (Å²) in [4.78, 5) is 1.79. The fourth-order valence-electron chi connectivity index (χ4n) is 0.760. The fraction of sp³-hybridized carbons (Fsp3) is 1.00. The Morgan fingerprint density at radius 1 is 0.571 bits per heavy atom. The summed E-state index contributed by atoms with van der Waals surface area (Å²) in [6.45, 7) is 1.75. The quantitative estimate of drug-likeness (QED) is 0.359. The summed E-state index contributed by atoms with van der Waals surface area (Å²) < 4.78 is 67.9. The third-order valence-corrected chi connectivity index (χ3v) is 1.25. The average molecular weight is 388 g/mol. The zero-order valence-corrected chi connectivity index (χ0v) is 14.5. The van der Waals surface area contributed by atoms with Gasteiger partial charge in [-0.05, 0) is 0 Å². The Morgan fingerprint density at radius 3 is 0.810 bits per heavy atom. The molecule has 0 heterocycles. The van der Waals surface area contributed by atoms with Gasteiger partial charge in [-0.3, -0.25) is 4.90 Å². The van der Waals surface area contributed by atoms with E-state index in [0.717, 1.165) is 0 Å². The molecule has 0 radical (unpaired) electrons. The maximum Gasteiger partial charge on any atom is 2.00 e. The molecule has 0 rings (SSSR count). The first-order valence-electron chi connectivity index (χ1n) is 4.63. The number of aliphatic hydroxyl groups is 3. The normalized spacial score (nSPS) is 10.9. The molecule has 0 amide bonds. The second-order valence-electron chi connectivity index (χ2n) is 2.77. The fourth-order valence-corrected chi connectivity index (χ4v) is 0.760. The summed E-state index contributed by atoms with van der Waals surface area (Å²) in [7, 11) is -9.89. The van der Waals surface area contributed by atoms with Gasteiger partial charge in [0.05, 0.1) is 19.8 Å². The molecule has 126 valence electrons. The largest absolute Gasteiger partial charge is 2.00 e. The third-order valence-electron chi connectivity index (χ3n) is 1.25. The van der Waals surface area contributed by atoms with Crippen molar-refractivity contribution < 1.29 is 73.1 Å². The molecule has 0 saturated heterocycles. The smallest absolute Gasteiger partial charge is 0.395 e. The van der Waals surface area contributed by atoms with Gasteiger partial charge in [-0.15, -0.1) is 20.5 Å². The van der Waals surface area contributed by atoms with E-state index in [-0.39, 0.29) is 57.6 Å². The van der Waals surface area contributed by atoms with Crippen molar-refractivity contribution in [1.82, 2.24) is 4.90 Å². The van der Waals surface area contributed by atoms with E-state index in [0.29, 0.717) is 19.6 Å². The molecule has 0 fully saturated rings. The van der Waals surface area contributed by atoms with E-state index in [1.165, 1.54) is 0 Å². The van der Waals surface area contributed by atoms with Gasteiger partial charge in [-0.25, -0.2) is 37.3 Å². The van der Waals surface area contributed by atoms with Crippen molar-refractivity contribution in [1.29, 1.82) is 0 Å². The number of hydrogen-bond donors (Lipinski definition) is 3. The Bertz CT molecular complexity index is 164. The van der Waals surface area contributed by atoms with Gasteiger partial charge in [0.2, 0.25) is 0 Å². The van der Waals surface area contributed by atoms with Crippen molar-refractivity contribution in [3.63, 3.8) is 0 Å². The van der Waals surface area contributed by atoms with E-state index in [9.17, 15) is 0 Å². The molecule has 0 aromatic carbocycles. The Morgan fingerprint density at radius 2 is 0.714 bits per heavy atom. The predicted octanol–water partition coefficient (Wildman–Crippen LogP) is -11.6. The molecule has 0 aliphatic rings. The zero-order chi connectivity index (χ0) is 16.8. The maximum absolute atomic E-state index is 8.49. The van der Waals surface area contributed by atoms with Crippen LogP contribution >= 0.6 is 0 Å². The van der Waals surface area contributed by atoms with Crippen molar-refractivity contribution in [3.05, 3.63) is 0 Å². The summed E-state index contributed by atoms with van der Waals surface area (Å²) in [5.41, 5.74) is 0. The van der Waals surface area contributed by atoms with E-state index in [4.69, 9.17) is 52.6 Å². The summed E-state index contributed by atoms with van der Waals surface area (Å²) in [5.74, 6) is 0. The molecule has 3 N–H and O–H groups in total. The molecule has 0 aliphatic carbocycles. The zero-order valence-electron chi connectivity index (χ0n) is 10.8. The molecule has 0 aromatic heterocycles. The third kappa shape index (κ3) is 74.6. The van der Waals surface area contributed by atoms with E-state index in [2.05, 4.69) is 0 Å². The SMILES string of the molecule is OCCN(CCO)CCO.[Ca+2].[O-][Cl+3]([O-])([O-])[O-].[O-][Cl+3]([O-])([O-])[O-]. The minimum atomic E-state index is -4.94. The van der Waals surface area contributed by atoms with Gasteiger partial charge in [-0.1, -0.05) is 0 Å². The van der Waals surface area contributed by atoms with Crippen molar-refractivity contribution in [3.8, 4) is 0 Å². The summed E-state index contributed by atoms with van der Waals surface area (Å²) >= 11 is 0. The van der Waals surface area contributed by atoms with Crippen LogP contribution in [-0.2, 0) is 0 Å². The number of hydrogen-bond acceptors (Lipinski definition) is 12. The van der Waals surface area contributed by atoms with Crippen LogP contribution in [0.3, 0.4) is 0 Å². The molecular weight excluding hydrogens is 373 g/mol. The van der Waals surface area contributed by atoms with Crippen LogP contribution in [0.5, 0.6) is 0 Å². The van der Waals surface area contributed by atoms with Gasteiger partial charge < -0.3 is 15.3 Å². The van der Waals surface area contributed by atoms with E-state index < -0.39 is 20.5 Å². The second-order valence-corrected chi connectivity index (χ2v) is 4.28.